The fraction of sp³-hybridized carbons (Fsp3) is 0.643. The van der Waals surface area contributed by atoms with Crippen molar-refractivity contribution >= 4 is 0 Å². The predicted molar refractivity (Wildman–Crippen MR) is 68.3 cm³/mol. The number of rotatable bonds is 3. The van der Waals surface area contributed by atoms with Crippen molar-refractivity contribution in [2.75, 3.05) is 6.61 Å². The largest absolute Gasteiger partial charge is 0.489 e. The normalized spacial score (nSPS) is 25.7. The van der Waals surface area contributed by atoms with Gasteiger partial charge in [0.25, 0.3) is 0 Å². The molecule has 18 heavy (non-hydrogen) atoms. The van der Waals surface area contributed by atoms with Gasteiger partial charge in [0.1, 0.15) is 11.9 Å². The lowest BCUT2D eigenvalue weighted by Crippen LogP contribution is -2.48. The number of nitrogens with two attached hydrogens (primary N) is 1. The smallest absolute Gasteiger partial charge is 0.138 e. The Morgan fingerprint density at radius 1 is 1.44 bits per heavy atom. The van der Waals surface area contributed by atoms with E-state index in [0.717, 1.165) is 30.9 Å². The van der Waals surface area contributed by atoms with E-state index in [1.807, 2.05) is 12.1 Å². The zero-order valence-corrected chi connectivity index (χ0v) is 10.6. The number of nitrogens with zero attached hydrogens (tertiary/aromatic N) is 1. The lowest BCUT2D eigenvalue weighted by atomic mass is 9.74. The molecule has 0 bridgehead atoms. The summed E-state index contributed by atoms with van der Waals surface area (Å²) in [6.07, 6.45) is 7.70. The highest BCUT2D eigenvalue weighted by Crippen LogP contribution is 2.43. The first-order valence-electron chi connectivity index (χ1n) is 6.75. The fourth-order valence-electron chi connectivity index (χ4n) is 2.80. The lowest BCUT2D eigenvalue weighted by molar-refractivity contribution is -0.153. The molecule has 1 unspecified atom stereocenters. The van der Waals surface area contributed by atoms with Crippen molar-refractivity contribution in [1.82, 2.24) is 4.98 Å². The second-order valence-electron chi connectivity index (χ2n) is 5.31. The van der Waals surface area contributed by atoms with Crippen LogP contribution < -0.4 is 10.5 Å². The molecule has 98 valence electrons. The molecule has 2 aliphatic rings. The summed E-state index contributed by atoms with van der Waals surface area (Å²) in [4.78, 5) is 4.25. The van der Waals surface area contributed by atoms with E-state index in [9.17, 15) is 0 Å². The summed E-state index contributed by atoms with van der Waals surface area (Å²) in [7, 11) is 0. The molecule has 1 atom stereocenters. The van der Waals surface area contributed by atoms with Crippen molar-refractivity contribution < 1.29 is 9.47 Å². The minimum Gasteiger partial charge on any atom is -0.489 e. The molecule has 1 aromatic rings. The number of pyridine rings is 1. The molecule has 1 saturated heterocycles. The molecule has 0 radical (unpaired) electrons. The molecular weight excluding hydrogens is 228 g/mol. The molecule has 4 nitrogen and oxygen atoms in total. The zero-order valence-electron chi connectivity index (χ0n) is 10.6. The highest BCUT2D eigenvalue weighted by atomic mass is 16.5. The maximum Gasteiger partial charge on any atom is 0.138 e. The van der Waals surface area contributed by atoms with Crippen LogP contribution in [0.15, 0.2) is 18.3 Å². The second-order valence-corrected chi connectivity index (χ2v) is 5.31. The highest BCUT2D eigenvalue weighted by Gasteiger charge is 2.43. The van der Waals surface area contributed by atoms with E-state index in [4.69, 9.17) is 15.2 Å². The summed E-state index contributed by atoms with van der Waals surface area (Å²) in [6.45, 7) is 1.29. The lowest BCUT2D eigenvalue weighted by Gasteiger charge is -2.46. The van der Waals surface area contributed by atoms with Gasteiger partial charge in [-0.3, -0.25) is 4.98 Å². The number of hydrogen-bond acceptors (Lipinski definition) is 4. The summed E-state index contributed by atoms with van der Waals surface area (Å²) in [6, 6.07) is 3.88. The van der Waals surface area contributed by atoms with Crippen molar-refractivity contribution in [2.45, 2.75) is 50.4 Å². The first-order chi connectivity index (χ1) is 8.80. The number of aromatic nitrogens is 1. The molecule has 3 rings (SSSR count). The molecule has 0 amide bonds. The SMILES string of the molecule is NCc1ccc(OC2CCOC3(CCC3)C2)cn1. The van der Waals surface area contributed by atoms with Crippen LogP contribution in [0.4, 0.5) is 0 Å². The standard InChI is InChI=1S/C14H20N2O2/c15-9-11-2-3-13(10-16-11)18-12-4-7-17-14(8-12)5-1-6-14/h2-3,10,12H,1,4-9,15H2. The van der Waals surface area contributed by atoms with Gasteiger partial charge in [0.2, 0.25) is 0 Å². The first-order valence-corrected chi connectivity index (χ1v) is 6.75. The third-order valence-corrected chi connectivity index (χ3v) is 4.02. The number of hydrogen-bond donors (Lipinski definition) is 1. The van der Waals surface area contributed by atoms with Crippen LogP contribution in [-0.4, -0.2) is 23.3 Å². The van der Waals surface area contributed by atoms with E-state index in [1.165, 1.54) is 19.3 Å². The minimum absolute atomic E-state index is 0.132. The van der Waals surface area contributed by atoms with Crippen molar-refractivity contribution in [1.29, 1.82) is 0 Å². The zero-order chi connectivity index (χ0) is 12.4. The molecule has 1 aliphatic heterocycles. The monoisotopic (exact) mass is 248 g/mol. The van der Waals surface area contributed by atoms with E-state index < -0.39 is 0 Å². The Bertz CT molecular complexity index is 401. The van der Waals surface area contributed by atoms with Crippen molar-refractivity contribution in [3.8, 4) is 5.75 Å². The van der Waals surface area contributed by atoms with Crippen LogP contribution >= 0.6 is 0 Å². The van der Waals surface area contributed by atoms with Crippen LogP contribution in [0.25, 0.3) is 0 Å². The molecule has 2 N–H and O–H groups in total. The van der Waals surface area contributed by atoms with Gasteiger partial charge in [0, 0.05) is 19.4 Å². The Kier molecular flexibility index (Phi) is 3.22. The van der Waals surface area contributed by atoms with Crippen molar-refractivity contribution in [2.24, 2.45) is 5.73 Å². The quantitative estimate of drug-likeness (QED) is 0.889. The van der Waals surface area contributed by atoms with Gasteiger partial charge >= 0.3 is 0 Å². The maximum absolute atomic E-state index is 6.00. The minimum atomic E-state index is 0.132. The maximum atomic E-state index is 6.00. The third kappa shape index (κ3) is 2.35. The van der Waals surface area contributed by atoms with Gasteiger partial charge in [-0.2, -0.15) is 0 Å². The van der Waals surface area contributed by atoms with E-state index in [2.05, 4.69) is 4.98 Å². The predicted octanol–water partition coefficient (Wildman–Crippen LogP) is 2.02. The Balaban J connectivity index is 1.61. The van der Waals surface area contributed by atoms with Gasteiger partial charge in [-0.05, 0) is 31.4 Å². The molecule has 1 aromatic heterocycles. The molecule has 1 aliphatic carbocycles. The van der Waals surface area contributed by atoms with Gasteiger partial charge in [-0.15, -0.1) is 0 Å². The average molecular weight is 248 g/mol. The third-order valence-electron chi connectivity index (χ3n) is 4.02. The van der Waals surface area contributed by atoms with E-state index in [-0.39, 0.29) is 11.7 Å². The van der Waals surface area contributed by atoms with Crippen LogP contribution in [-0.2, 0) is 11.3 Å². The molecule has 0 aromatic carbocycles. The molecular formula is C14H20N2O2. The molecule has 2 heterocycles. The van der Waals surface area contributed by atoms with Crippen LogP contribution in [0.2, 0.25) is 0 Å². The summed E-state index contributed by atoms with van der Waals surface area (Å²) in [5, 5.41) is 0. The molecule has 1 saturated carbocycles. The highest BCUT2D eigenvalue weighted by molar-refractivity contribution is 5.20. The molecule has 1 spiro atoms. The summed E-state index contributed by atoms with van der Waals surface area (Å²) in [5.41, 5.74) is 6.55. The van der Waals surface area contributed by atoms with Crippen LogP contribution in [0.5, 0.6) is 5.75 Å². The summed E-state index contributed by atoms with van der Waals surface area (Å²) < 4.78 is 11.9. The van der Waals surface area contributed by atoms with Crippen LogP contribution in [0.3, 0.4) is 0 Å². The molecule has 2 fully saturated rings. The second kappa shape index (κ2) is 4.86. The van der Waals surface area contributed by atoms with E-state index in [0.29, 0.717) is 6.54 Å². The topological polar surface area (TPSA) is 57.4 Å². The van der Waals surface area contributed by atoms with Crippen molar-refractivity contribution in [3.05, 3.63) is 24.0 Å². The van der Waals surface area contributed by atoms with Gasteiger partial charge in [-0.1, -0.05) is 0 Å². The van der Waals surface area contributed by atoms with Crippen LogP contribution in [0.1, 0.15) is 37.8 Å². The number of ether oxygens (including phenoxy) is 2. The van der Waals surface area contributed by atoms with Gasteiger partial charge in [-0.25, -0.2) is 0 Å². The van der Waals surface area contributed by atoms with E-state index >= 15 is 0 Å². The Hall–Kier alpha value is -1.13. The Morgan fingerprint density at radius 3 is 2.94 bits per heavy atom. The van der Waals surface area contributed by atoms with Crippen LogP contribution in [0, 0.1) is 0 Å². The van der Waals surface area contributed by atoms with Gasteiger partial charge < -0.3 is 15.2 Å². The molecule has 4 heteroatoms. The van der Waals surface area contributed by atoms with E-state index in [1.54, 1.807) is 6.20 Å². The summed E-state index contributed by atoms with van der Waals surface area (Å²) in [5.74, 6) is 0.841. The Labute approximate surface area is 107 Å². The van der Waals surface area contributed by atoms with Gasteiger partial charge in [0.05, 0.1) is 24.1 Å². The van der Waals surface area contributed by atoms with Gasteiger partial charge in [0.15, 0.2) is 0 Å². The summed E-state index contributed by atoms with van der Waals surface area (Å²) >= 11 is 0. The Morgan fingerprint density at radius 2 is 2.33 bits per heavy atom. The fourth-order valence-corrected chi connectivity index (χ4v) is 2.80. The first kappa shape index (κ1) is 11.9. The average Bonchev–Trinajstić information content (AvgIpc) is 2.38. The van der Waals surface area contributed by atoms with Crippen molar-refractivity contribution in [3.63, 3.8) is 0 Å².